The molecule has 7 rings (SSSR count). The Morgan fingerprint density at radius 3 is 1.79 bits per heavy atom. The summed E-state index contributed by atoms with van der Waals surface area (Å²) in [5.74, 6) is -15.4. The second kappa shape index (κ2) is 36.3. The Kier molecular flexibility index (Phi) is 29.5. The Morgan fingerprint density at radius 2 is 1.23 bits per heavy atom. The Labute approximate surface area is 606 Å². The van der Waals surface area contributed by atoms with Gasteiger partial charge in [-0.3, -0.25) is 52.7 Å². The first-order chi connectivity index (χ1) is 48.8. The van der Waals surface area contributed by atoms with Crippen LogP contribution in [0.15, 0.2) is 12.2 Å². The van der Waals surface area contributed by atoms with Crippen LogP contribution < -0.4 is 16.0 Å². The largest absolute Gasteiger partial charge is 0.397 e. The number of rotatable bonds is 12. The van der Waals surface area contributed by atoms with Gasteiger partial charge in [-0.05, 0) is 146 Å². The maximum atomic E-state index is 15.5. The highest BCUT2D eigenvalue weighted by molar-refractivity contribution is 6.00. The van der Waals surface area contributed by atoms with Crippen LogP contribution in [-0.2, 0) is 57.5 Å². The maximum absolute atomic E-state index is 15.5. The summed E-state index contributed by atoms with van der Waals surface area (Å²) < 4.78 is 121. The van der Waals surface area contributed by atoms with Gasteiger partial charge in [-0.1, -0.05) is 66.0 Å². The average Bonchev–Trinajstić information content (AvgIpc) is 1.19. The minimum Gasteiger partial charge on any atom is -0.377 e. The van der Waals surface area contributed by atoms with Crippen molar-refractivity contribution in [1.82, 2.24) is 55.1 Å². The van der Waals surface area contributed by atoms with Crippen molar-refractivity contribution in [2.75, 3.05) is 75.1 Å². The number of alkyl halides is 8. The van der Waals surface area contributed by atoms with Crippen molar-refractivity contribution in [3.63, 3.8) is 0 Å². The van der Waals surface area contributed by atoms with Gasteiger partial charge in [0.05, 0.1) is 25.1 Å². The lowest BCUT2D eigenvalue weighted by molar-refractivity contribution is -0.219. The summed E-state index contributed by atoms with van der Waals surface area (Å²) in [5, 5.41) is 8.46. The second-order valence-electron chi connectivity index (χ2n) is 31.0. The van der Waals surface area contributed by atoms with E-state index in [2.05, 4.69) is 16.0 Å². The van der Waals surface area contributed by atoms with E-state index >= 15 is 37.5 Å². The molecule has 2 bridgehead atoms. The molecule has 31 heteroatoms. The molecule has 0 aromatic heterocycles. The number of hydrogen-bond donors (Lipinski definition) is 3. The molecule has 104 heavy (non-hydrogen) atoms. The number of likely N-dealkylation sites (N-methyl/N-ethyl adjacent to an activating group) is 6. The van der Waals surface area contributed by atoms with Crippen molar-refractivity contribution in [2.45, 2.75) is 267 Å². The zero-order valence-electron chi connectivity index (χ0n) is 62.6. The summed E-state index contributed by atoms with van der Waals surface area (Å²) in [6.07, 6.45) is -11.9. The summed E-state index contributed by atoms with van der Waals surface area (Å²) in [6.45, 7) is 8.80. The topological polar surface area (TPSA) is 259 Å². The number of nitrogens with zero attached hydrogens (tertiary/aromatic N) is 8. The first-order valence-corrected chi connectivity index (χ1v) is 37.6. The molecule has 588 valence electrons. The molecule has 0 aromatic rings. The number of hydrogen-bond acceptors (Lipinski definition) is 12. The van der Waals surface area contributed by atoms with E-state index in [-0.39, 0.29) is 115 Å². The molecule has 4 aliphatic carbocycles. The van der Waals surface area contributed by atoms with E-state index in [0.717, 1.165) is 32.4 Å². The molecule has 0 radical (unpaired) electrons. The lowest BCUT2D eigenvalue weighted by Gasteiger charge is -2.47. The van der Waals surface area contributed by atoms with Gasteiger partial charge in [0.1, 0.15) is 66.1 Å². The summed E-state index contributed by atoms with van der Waals surface area (Å²) in [5.41, 5.74) is -1.61. The summed E-state index contributed by atoms with van der Waals surface area (Å²) >= 11 is 0. The van der Waals surface area contributed by atoms with E-state index in [1.165, 1.54) is 54.8 Å². The Bertz CT molecular complexity index is 3060. The van der Waals surface area contributed by atoms with Crippen LogP contribution in [0, 0.1) is 41.4 Å². The molecular weight excluding hydrogens is 1370 g/mol. The van der Waals surface area contributed by atoms with Gasteiger partial charge in [-0.15, -0.1) is 0 Å². The molecule has 0 aromatic carbocycles. The van der Waals surface area contributed by atoms with Crippen molar-refractivity contribution in [3.8, 4) is 0 Å². The summed E-state index contributed by atoms with van der Waals surface area (Å²) in [7, 11) is 8.42. The predicted molar refractivity (Wildman–Crippen MR) is 368 cm³/mol. The molecule has 1 spiro atoms. The van der Waals surface area contributed by atoms with E-state index in [4.69, 9.17) is 4.74 Å². The number of halogens is 8. The molecule has 3 N–H and O–H groups in total. The fourth-order valence-electron chi connectivity index (χ4n) is 16.9. The lowest BCUT2D eigenvalue weighted by atomic mass is 9.74. The molecule has 4 saturated carbocycles. The maximum Gasteiger partial charge on any atom is 0.397 e. The van der Waals surface area contributed by atoms with Gasteiger partial charge in [0.25, 0.3) is 0 Å². The number of carbonyl (C=O) groups is 11. The van der Waals surface area contributed by atoms with E-state index in [1.54, 1.807) is 46.9 Å². The Balaban J connectivity index is 1.30. The van der Waals surface area contributed by atoms with Crippen LogP contribution >= 0.6 is 0 Å². The van der Waals surface area contributed by atoms with E-state index in [1.807, 2.05) is 13.8 Å². The first-order valence-electron chi connectivity index (χ1n) is 37.6. The zero-order chi connectivity index (χ0) is 77.2. The molecule has 6 fully saturated rings. The van der Waals surface area contributed by atoms with E-state index in [0.29, 0.717) is 25.7 Å². The Hall–Kier alpha value is -6.69. The first kappa shape index (κ1) is 84.6. The normalized spacial score (nSPS) is 32.8. The molecule has 3 aliphatic heterocycles. The number of amides is 11. The van der Waals surface area contributed by atoms with Crippen LogP contribution in [0.5, 0.6) is 0 Å². The van der Waals surface area contributed by atoms with Crippen LogP contribution in [0.2, 0.25) is 0 Å². The number of nitrogens with one attached hydrogen (secondary N) is 3. The van der Waals surface area contributed by atoms with Crippen molar-refractivity contribution in [2.24, 2.45) is 41.4 Å². The molecular formula is C73H113F8N11O12. The van der Waals surface area contributed by atoms with Crippen molar-refractivity contribution in [3.05, 3.63) is 12.2 Å². The SMILES string of the molecule is CCO[C@@H]1C[C@H]2C(=O)NC3(CCC3)C(=O)N(C)[C@@H](C3CCCC3)C(=O)N(C)[C@@H](C(C)C)CC(=O)N(C)[C@@H](CC)C(=O)N[C@@H]([C@@H](C)CC)C(=O)N(C)CC(=O)N(C)[C@H]3C/C=C\CCN(C3=O)[C@@H](CC3CCC(C(F)(F)F)CC3)C(=O)N(C)CC(=O)N[C@@H](CCC3CC(F)C(C(F)(F)F)C(F)C3)C(=O)N2C1. The lowest BCUT2D eigenvalue weighted by Crippen LogP contribution is -2.68. The van der Waals surface area contributed by atoms with Crippen LogP contribution in [0.4, 0.5) is 35.1 Å². The number of ether oxygens (including phenoxy) is 1. The third kappa shape index (κ3) is 20.1. The third-order valence-electron chi connectivity index (χ3n) is 23.7. The van der Waals surface area contributed by atoms with Crippen LogP contribution in [0.25, 0.3) is 0 Å². The van der Waals surface area contributed by atoms with E-state index in [9.17, 15) is 50.3 Å². The second-order valence-corrected chi connectivity index (χ2v) is 31.0. The number of fused-ring (bicyclic) bond motifs is 3. The fraction of sp³-hybridized carbons (Fsp3) is 0.822. The van der Waals surface area contributed by atoms with Gasteiger partial charge in [-0.2, -0.15) is 26.3 Å². The highest BCUT2D eigenvalue weighted by atomic mass is 19.4. The quantitative estimate of drug-likeness (QED) is 0.129. The molecule has 7 aliphatic rings. The van der Waals surface area contributed by atoms with Crippen molar-refractivity contribution < 1.29 is 92.6 Å². The third-order valence-corrected chi connectivity index (χ3v) is 23.7. The fourth-order valence-corrected chi connectivity index (χ4v) is 16.9. The minimum absolute atomic E-state index is 0.00862. The highest BCUT2D eigenvalue weighted by Gasteiger charge is 2.56. The molecule has 3 heterocycles. The van der Waals surface area contributed by atoms with Crippen LogP contribution in [0.3, 0.4) is 0 Å². The summed E-state index contributed by atoms with van der Waals surface area (Å²) in [6, 6.07) is -10.1. The van der Waals surface area contributed by atoms with Gasteiger partial charge in [0.15, 0.2) is 0 Å². The Morgan fingerprint density at radius 1 is 0.606 bits per heavy atom. The van der Waals surface area contributed by atoms with Crippen molar-refractivity contribution in [1.29, 1.82) is 0 Å². The predicted octanol–water partition coefficient (Wildman–Crippen LogP) is 7.28. The molecule has 12 atom stereocenters. The van der Waals surface area contributed by atoms with Crippen molar-refractivity contribution >= 4 is 65.0 Å². The van der Waals surface area contributed by atoms with Gasteiger partial charge < -0.3 is 59.9 Å². The monoisotopic (exact) mass is 1490 g/mol. The molecule has 23 nitrogen and oxygen atoms in total. The highest BCUT2D eigenvalue weighted by Crippen LogP contribution is 2.46. The van der Waals surface area contributed by atoms with Crippen LogP contribution in [0.1, 0.15) is 183 Å². The molecule has 2 saturated heterocycles. The molecule has 11 amide bonds. The van der Waals surface area contributed by atoms with Crippen LogP contribution in [-0.4, -0.2) is 264 Å². The van der Waals surface area contributed by atoms with Gasteiger partial charge in [-0.25, -0.2) is 8.78 Å². The standard InChI is InChI=1S/C73H113F8N11O12/c1-13-43(6)61-68(101)86(8)41-59(95)88(10)53-24-17-16-20-33-91(67(53)100)56(36-44-25-28-47(29-26-44)72(76,77)78)66(99)85(7)40-57(93)82-51(30-27-45-34-49(74)60(50(75)35-45)73(79,80)81)65(98)92-39-48(104-15-3)37-55(92)64(97)84-71(31-21-32-71)70(103)90(12)62(46-22-18-19-23-46)69(102)89(11)54(42(4)5)38-58(94)87(9)52(14-2)63(96)83-61/h16-17,42-56,60-62H,13-15,18-41H2,1-12H3,(H,82,93)(H,83,96)(H,84,97)/b17-16-/t43-,44?,45?,47?,48+,49?,50?,51-,52-,53-,54+,55-,56-,60?,61-,62-/m0/s1. The van der Waals surface area contributed by atoms with E-state index < -0.39 is 212 Å². The van der Waals surface area contributed by atoms with Gasteiger partial charge >= 0.3 is 12.4 Å². The smallest absolute Gasteiger partial charge is 0.377 e. The van der Waals surface area contributed by atoms with Gasteiger partial charge in [0.2, 0.25) is 65.0 Å². The summed E-state index contributed by atoms with van der Waals surface area (Å²) in [4.78, 5) is 175. The minimum atomic E-state index is -5.20. The van der Waals surface area contributed by atoms with Gasteiger partial charge in [0, 0.05) is 80.9 Å². The zero-order valence-corrected chi connectivity index (χ0v) is 62.6. The average molecular weight is 1490 g/mol. The number of carbonyl (C=O) groups excluding carboxylic acids is 11. The molecule has 2 unspecified atom stereocenters.